The van der Waals surface area contributed by atoms with E-state index in [0.29, 0.717) is 11.2 Å². The summed E-state index contributed by atoms with van der Waals surface area (Å²) in [4.78, 5) is 0. The van der Waals surface area contributed by atoms with Crippen LogP contribution in [0.1, 0.15) is 56.8 Å². The molecule has 4 aliphatic carbocycles. The molecule has 0 amide bonds. The maximum Gasteiger partial charge on any atom is 0.191 e. The van der Waals surface area contributed by atoms with E-state index in [1.807, 2.05) is 0 Å². The first-order chi connectivity index (χ1) is 8.72. The van der Waals surface area contributed by atoms with Gasteiger partial charge in [-0.2, -0.15) is 5.21 Å². The van der Waals surface area contributed by atoms with Crippen LogP contribution in [-0.2, 0) is 0 Å². The molecule has 0 saturated heterocycles. The zero-order valence-corrected chi connectivity index (χ0v) is 10.7. The summed E-state index contributed by atoms with van der Waals surface area (Å²) in [5, 5.41) is 14.2. The first-order valence-corrected chi connectivity index (χ1v) is 7.21. The van der Waals surface area contributed by atoms with Gasteiger partial charge in [-0.05, 0) is 68.1 Å². The molecule has 0 aliphatic heterocycles. The third-order valence-electron chi connectivity index (χ3n) is 5.51. The van der Waals surface area contributed by atoms with Gasteiger partial charge in [0.05, 0.1) is 6.04 Å². The van der Waals surface area contributed by atoms with E-state index in [4.69, 9.17) is 5.73 Å². The number of nitrogens with one attached hydrogen (secondary N) is 1. The van der Waals surface area contributed by atoms with Crippen LogP contribution in [0.3, 0.4) is 0 Å². The molecule has 0 spiro atoms. The van der Waals surface area contributed by atoms with Gasteiger partial charge >= 0.3 is 0 Å². The molecule has 1 atom stereocenters. The largest absolute Gasteiger partial charge is 0.321 e. The average molecular weight is 247 g/mol. The Morgan fingerprint density at radius 1 is 1.17 bits per heavy atom. The molecule has 0 radical (unpaired) electrons. The van der Waals surface area contributed by atoms with Gasteiger partial charge in [-0.1, -0.05) is 5.21 Å². The van der Waals surface area contributed by atoms with Crippen molar-refractivity contribution in [1.82, 2.24) is 20.6 Å². The van der Waals surface area contributed by atoms with Gasteiger partial charge in [-0.3, -0.25) is 0 Å². The predicted molar refractivity (Wildman–Crippen MR) is 66.3 cm³/mol. The fourth-order valence-corrected chi connectivity index (χ4v) is 5.42. The molecule has 5 heteroatoms. The van der Waals surface area contributed by atoms with Crippen LogP contribution in [0.25, 0.3) is 0 Å². The van der Waals surface area contributed by atoms with Gasteiger partial charge in [0.15, 0.2) is 5.82 Å². The first-order valence-electron chi connectivity index (χ1n) is 7.21. The molecule has 0 aromatic carbocycles. The van der Waals surface area contributed by atoms with Gasteiger partial charge in [0, 0.05) is 0 Å². The summed E-state index contributed by atoms with van der Waals surface area (Å²) in [7, 11) is 0. The highest BCUT2D eigenvalue weighted by atomic mass is 15.5. The molecule has 4 bridgehead atoms. The maximum atomic E-state index is 6.28. The summed E-state index contributed by atoms with van der Waals surface area (Å²) in [6, 6.07) is -0.0417. The number of rotatable bonds is 3. The van der Waals surface area contributed by atoms with Gasteiger partial charge in [-0.25, -0.2) is 0 Å². The molecule has 4 fully saturated rings. The third kappa shape index (κ3) is 1.67. The number of nitrogens with zero attached hydrogens (tertiary/aromatic N) is 3. The van der Waals surface area contributed by atoms with E-state index in [2.05, 4.69) is 20.6 Å². The van der Waals surface area contributed by atoms with E-state index in [1.54, 1.807) is 0 Å². The Morgan fingerprint density at radius 3 is 2.28 bits per heavy atom. The van der Waals surface area contributed by atoms with Gasteiger partial charge < -0.3 is 5.73 Å². The maximum absolute atomic E-state index is 6.28. The quantitative estimate of drug-likeness (QED) is 0.853. The highest BCUT2D eigenvalue weighted by Crippen LogP contribution is 2.62. The molecule has 4 saturated carbocycles. The Morgan fingerprint density at radius 2 is 1.78 bits per heavy atom. The molecule has 4 aliphatic rings. The van der Waals surface area contributed by atoms with Crippen LogP contribution in [0.15, 0.2) is 0 Å². The van der Waals surface area contributed by atoms with E-state index < -0.39 is 0 Å². The van der Waals surface area contributed by atoms with Crippen molar-refractivity contribution >= 4 is 0 Å². The molecule has 1 heterocycles. The average Bonchev–Trinajstić information content (AvgIpc) is 2.79. The zero-order chi connectivity index (χ0) is 12.2. The van der Waals surface area contributed by atoms with Crippen molar-refractivity contribution in [1.29, 1.82) is 0 Å². The van der Waals surface area contributed by atoms with Crippen molar-refractivity contribution in [2.24, 2.45) is 28.9 Å². The van der Waals surface area contributed by atoms with Crippen LogP contribution in [0, 0.1) is 23.2 Å². The minimum atomic E-state index is -0.0417. The monoisotopic (exact) mass is 247 g/mol. The number of hydrogen-bond donors (Lipinski definition) is 2. The number of nitrogens with two attached hydrogens (primary N) is 1. The van der Waals surface area contributed by atoms with E-state index >= 15 is 0 Å². The van der Waals surface area contributed by atoms with Crippen LogP contribution < -0.4 is 5.73 Å². The van der Waals surface area contributed by atoms with Crippen molar-refractivity contribution < 1.29 is 0 Å². The second-order valence-electron chi connectivity index (χ2n) is 7.00. The normalized spacial score (nSPS) is 43.3. The third-order valence-corrected chi connectivity index (χ3v) is 5.51. The SMILES string of the molecule is NC(CC12CC3CC(CC(C3)C1)C2)c1nn[nH]n1. The molecule has 18 heavy (non-hydrogen) atoms. The van der Waals surface area contributed by atoms with Crippen molar-refractivity contribution in [3.63, 3.8) is 0 Å². The van der Waals surface area contributed by atoms with E-state index in [1.165, 1.54) is 38.5 Å². The molecule has 1 unspecified atom stereocenters. The summed E-state index contributed by atoms with van der Waals surface area (Å²) in [6.07, 6.45) is 9.68. The number of hydrogen-bond acceptors (Lipinski definition) is 4. The van der Waals surface area contributed by atoms with Crippen LogP contribution in [-0.4, -0.2) is 20.6 Å². The van der Waals surface area contributed by atoms with E-state index in [0.717, 1.165) is 24.2 Å². The van der Waals surface area contributed by atoms with Crippen LogP contribution >= 0.6 is 0 Å². The Kier molecular flexibility index (Phi) is 2.28. The van der Waals surface area contributed by atoms with E-state index in [-0.39, 0.29) is 6.04 Å². The number of H-pyrrole nitrogens is 1. The highest BCUT2D eigenvalue weighted by molar-refractivity contribution is 5.04. The number of aromatic nitrogens is 4. The highest BCUT2D eigenvalue weighted by Gasteiger charge is 2.51. The molecule has 5 rings (SSSR count). The lowest BCUT2D eigenvalue weighted by atomic mass is 9.48. The lowest BCUT2D eigenvalue weighted by molar-refractivity contribution is -0.0608. The summed E-state index contributed by atoms with van der Waals surface area (Å²) >= 11 is 0. The lowest BCUT2D eigenvalue weighted by Crippen LogP contribution is -2.47. The summed E-state index contributed by atoms with van der Waals surface area (Å²) < 4.78 is 0. The van der Waals surface area contributed by atoms with Crippen LogP contribution in [0.5, 0.6) is 0 Å². The standard InChI is InChI=1S/C13H21N5/c14-11(12-15-17-18-16-12)7-13-4-8-1-9(5-13)3-10(2-8)6-13/h8-11H,1-7,14H2,(H,15,16,17,18). The van der Waals surface area contributed by atoms with Crippen molar-refractivity contribution in [2.75, 3.05) is 0 Å². The Hall–Kier alpha value is -0.970. The van der Waals surface area contributed by atoms with Crippen molar-refractivity contribution in [3.05, 3.63) is 5.82 Å². The van der Waals surface area contributed by atoms with Gasteiger partial charge in [0.2, 0.25) is 0 Å². The number of aromatic amines is 1. The second kappa shape index (κ2) is 3.76. The van der Waals surface area contributed by atoms with Crippen molar-refractivity contribution in [3.8, 4) is 0 Å². The minimum Gasteiger partial charge on any atom is -0.321 e. The Balaban J connectivity index is 1.54. The fourth-order valence-electron chi connectivity index (χ4n) is 5.42. The smallest absolute Gasteiger partial charge is 0.191 e. The predicted octanol–water partition coefficient (Wildman–Crippen LogP) is 1.81. The zero-order valence-electron chi connectivity index (χ0n) is 10.7. The molecule has 1 aromatic rings. The van der Waals surface area contributed by atoms with Crippen LogP contribution in [0.2, 0.25) is 0 Å². The number of tetrazole rings is 1. The van der Waals surface area contributed by atoms with Gasteiger partial charge in [0.25, 0.3) is 0 Å². The summed E-state index contributed by atoms with van der Waals surface area (Å²) in [5.74, 6) is 3.63. The summed E-state index contributed by atoms with van der Waals surface area (Å²) in [6.45, 7) is 0. The molecule has 1 aromatic heterocycles. The molecule has 5 nitrogen and oxygen atoms in total. The van der Waals surface area contributed by atoms with E-state index in [9.17, 15) is 0 Å². The Bertz CT molecular complexity index is 391. The topological polar surface area (TPSA) is 80.5 Å². The molecular formula is C13H21N5. The van der Waals surface area contributed by atoms with Crippen molar-refractivity contribution in [2.45, 2.75) is 51.0 Å². The second-order valence-corrected chi connectivity index (χ2v) is 7.00. The van der Waals surface area contributed by atoms with Gasteiger partial charge in [0.1, 0.15) is 0 Å². The summed E-state index contributed by atoms with van der Waals surface area (Å²) in [5.41, 5.74) is 6.77. The molecule has 98 valence electrons. The molecular weight excluding hydrogens is 226 g/mol. The minimum absolute atomic E-state index is 0.0417. The van der Waals surface area contributed by atoms with Gasteiger partial charge in [-0.15, -0.1) is 10.2 Å². The van der Waals surface area contributed by atoms with Crippen LogP contribution in [0.4, 0.5) is 0 Å². The fraction of sp³-hybridized carbons (Fsp3) is 0.923. The Labute approximate surface area is 107 Å². The lowest BCUT2D eigenvalue weighted by Gasteiger charge is -2.57. The first kappa shape index (κ1) is 10.9. The molecule has 3 N–H and O–H groups in total.